The first-order valence-electron chi connectivity index (χ1n) is 7.04. The fourth-order valence-electron chi connectivity index (χ4n) is 2.67. The Labute approximate surface area is 123 Å². The number of benzene rings is 1. The molecule has 1 aliphatic rings. The van der Waals surface area contributed by atoms with Gasteiger partial charge in [0.1, 0.15) is 5.75 Å². The number of carboxylic acid groups (broad SMARTS) is 1. The Kier molecular flexibility index (Phi) is 4.67. The first kappa shape index (κ1) is 15.2. The number of rotatable bonds is 3. The number of amides is 2. The van der Waals surface area contributed by atoms with Crippen molar-refractivity contribution in [2.45, 2.75) is 31.7 Å². The van der Waals surface area contributed by atoms with E-state index in [1.165, 1.54) is 17.0 Å². The molecule has 0 bridgehead atoms. The summed E-state index contributed by atoms with van der Waals surface area (Å²) in [5.74, 6) is -0.799. The number of carbonyl (C=O) groups is 2. The second kappa shape index (κ2) is 6.47. The van der Waals surface area contributed by atoms with Crippen molar-refractivity contribution in [1.82, 2.24) is 4.90 Å². The molecule has 1 atom stereocenters. The zero-order valence-electron chi connectivity index (χ0n) is 12.0. The molecule has 0 aromatic heterocycles. The number of hydrogen-bond acceptors (Lipinski definition) is 3. The van der Waals surface area contributed by atoms with Crippen molar-refractivity contribution in [3.8, 4) is 5.75 Å². The molecule has 0 spiro atoms. The maximum atomic E-state index is 12.6. The Morgan fingerprint density at radius 2 is 2.14 bits per heavy atom. The van der Waals surface area contributed by atoms with Crippen LogP contribution in [0.25, 0.3) is 0 Å². The topological polar surface area (TPSA) is 81.1 Å². The molecule has 0 saturated carbocycles. The Bertz CT molecular complexity index is 532. The van der Waals surface area contributed by atoms with E-state index in [4.69, 9.17) is 5.11 Å². The van der Waals surface area contributed by atoms with Gasteiger partial charge in [0.25, 0.3) is 0 Å². The molecule has 2 N–H and O–H groups in total. The number of urea groups is 1. The highest BCUT2D eigenvalue weighted by Gasteiger charge is 2.30. The lowest BCUT2D eigenvalue weighted by Gasteiger charge is -2.37. The number of likely N-dealkylation sites (tertiary alicyclic amines) is 1. The Balaban J connectivity index is 2.14. The summed E-state index contributed by atoms with van der Waals surface area (Å²) in [5, 5.41) is 18.5. The van der Waals surface area contributed by atoms with E-state index in [9.17, 15) is 14.7 Å². The van der Waals surface area contributed by atoms with Gasteiger partial charge in [0.2, 0.25) is 0 Å². The molecule has 1 aromatic carbocycles. The molecule has 1 heterocycles. The molecule has 2 amide bonds. The number of phenols is 1. The van der Waals surface area contributed by atoms with Gasteiger partial charge in [-0.3, -0.25) is 9.69 Å². The first-order valence-corrected chi connectivity index (χ1v) is 7.04. The van der Waals surface area contributed by atoms with Crippen molar-refractivity contribution in [1.29, 1.82) is 0 Å². The molecule has 0 aliphatic carbocycles. The van der Waals surface area contributed by atoms with Crippen molar-refractivity contribution in [3.05, 3.63) is 24.3 Å². The number of hydrogen-bond donors (Lipinski definition) is 2. The smallest absolute Gasteiger partial charge is 0.324 e. The summed E-state index contributed by atoms with van der Waals surface area (Å²) in [6.45, 7) is 0.569. The summed E-state index contributed by atoms with van der Waals surface area (Å²) in [4.78, 5) is 26.6. The minimum absolute atomic E-state index is 0.0282. The van der Waals surface area contributed by atoms with Crippen molar-refractivity contribution in [2.24, 2.45) is 0 Å². The summed E-state index contributed by atoms with van der Waals surface area (Å²) >= 11 is 0. The van der Waals surface area contributed by atoms with Crippen molar-refractivity contribution < 1.29 is 19.8 Å². The minimum atomic E-state index is -0.889. The van der Waals surface area contributed by atoms with E-state index in [1.807, 2.05) is 0 Å². The molecule has 6 heteroatoms. The van der Waals surface area contributed by atoms with E-state index in [2.05, 4.69) is 0 Å². The third-order valence-electron chi connectivity index (χ3n) is 3.79. The molecule has 21 heavy (non-hydrogen) atoms. The van der Waals surface area contributed by atoms with Crippen LogP contribution in [-0.2, 0) is 4.79 Å². The number of aliphatic carboxylic acids is 1. The zero-order chi connectivity index (χ0) is 15.4. The molecule has 1 aliphatic heterocycles. The number of aromatic hydroxyl groups is 1. The maximum Gasteiger partial charge on any atom is 0.324 e. The fourth-order valence-corrected chi connectivity index (χ4v) is 2.67. The highest BCUT2D eigenvalue weighted by molar-refractivity contribution is 5.92. The van der Waals surface area contributed by atoms with Gasteiger partial charge in [0, 0.05) is 31.4 Å². The number of anilines is 1. The highest BCUT2D eigenvalue weighted by atomic mass is 16.4. The van der Waals surface area contributed by atoms with Gasteiger partial charge in [-0.05, 0) is 31.4 Å². The van der Waals surface area contributed by atoms with Crippen LogP contribution in [0.15, 0.2) is 24.3 Å². The van der Waals surface area contributed by atoms with Gasteiger partial charge in [0.05, 0.1) is 6.42 Å². The van der Waals surface area contributed by atoms with Gasteiger partial charge in [-0.2, -0.15) is 0 Å². The average molecular weight is 292 g/mol. The van der Waals surface area contributed by atoms with Crippen LogP contribution in [-0.4, -0.2) is 46.7 Å². The van der Waals surface area contributed by atoms with Crippen molar-refractivity contribution in [2.75, 3.05) is 18.5 Å². The average Bonchev–Trinajstić information content (AvgIpc) is 2.46. The van der Waals surface area contributed by atoms with Gasteiger partial charge in [-0.15, -0.1) is 0 Å². The van der Waals surface area contributed by atoms with Crippen LogP contribution < -0.4 is 4.90 Å². The number of carbonyl (C=O) groups excluding carboxylic acids is 1. The molecule has 1 saturated heterocycles. The van der Waals surface area contributed by atoms with Crippen LogP contribution >= 0.6 is 0 Å². The molecular formula is C15H20N2O4. The number of piperidine rings is 1. The Morgan fingerprint density at radius 3 is 2.81 bits per heavy atom. The number of carboxylic acids is 1. The lowest BCUT2D eigenvalue weighted by Crippen LogP contribution is -2.50. The second-order valence-corrected chi connectivity index (χ2v) is 5.30. The molecule has 1 aromatic rings. The highest BCUT2D eigenvalue weighted by Crippen LogP contribution is 2.24. The van der Waals surface area contributed by atoms with Crippen LogP contribution in [0.3, 0.4) is 0 Å². The van der Waals surface area contributed by atoms with Crippen LogP contribution in [0.5, 0.6) is 5.75 Å². The van der Waals surface area contributed by atoms with E-state index in [0.717, 1.165) is 12.8 Å². The molecule has 1 fully saturated rings. The van der Waals surface area contributed by atoms with E-state index >= 15 is 0 Å². The second-order valence-electron chi connectivity index (χ2n) is 5.30. The van der Waals surface area contributed by atoms with E-state index in [-0.39, 0.29) is 24.2 Å². The third kappa shape index (κ3) is 3.65. The first-order chi connectivity index (χ1) is 9.99. The van der Waals surface area contributed by atoms with E-state index in [0.29, 0.717) is 18.7 Å². The fraction of sp³-hybridized carbons (Fsp3) is 0.467. The molecular weight excluding hydrogens is 272 g/mol. The van der Waals surface area contributed by atoms with Crippen LogP contribution in [0.1, 0.15) is 25.7 Å². The van der Waals surface area contributed by atoms with Gasteiger partial charge in [-0.25, -0.2) is 4.79 Å². The van der Waals surface area contributed by atoms with Crippen LogP contribution in [0.4, 0.5) is 10.5 Å². The van der Waals surface area contributed by atoms with Crippen molar-refractivity contribution in [3.63, 3.8) is 0 Å². The maximum absolute atomic E-state index is 12.6. The van der Waals surface area contributed by atoms with E-state index in [1.54, 1.807) is 24.1 Å². The quantitative estimate of drug-likeness (QED) is 0.895. The van der Waals surface area contributed by atoms with E-state index < -0.39 is 5.97 Å². The van der Waals surface area contributed by atoms with Gasteiger partial charge in [-0.1, -0.05) is 6.07 Å². The SMILES string of the molecule is CN(C(=O)N1CCCCC1CC(=O)O)c1cccc(O)c1. The predicted molar refractivity (Wildman–Crippen MR) is 78.5 cm³/mol. The van der Waals surface area contributed by atoms with Crippen LogP contribution in [0, 0.1) is 0 Å². The molecule has 2 rings (SSSR count). The lowest BCUT2D eigenvalue weighted by molar-refractivity contribution is -0.138. The van der Waals surface area contributed by atoms with Crippen molar-refractivity contribution >= 4 is 17.7 Å². The molecule has 114 valence electrons. The van der Waals surface area contributed by atoms with Gasteiger partial charge < -0.3 is 15.1 Å². The molecule has 0 radical (unpaired) electrons. The summed E-state index contributed by atoms with van der Waals surface area (Å²) in [5.41, 5.74) is 0.583. The Hall–Kier alpha value is -2.24. The summed E-state index contributed by atoms with van der Waals surface area (Å²) in [6.07, 6.45) is 2.51. The Morgan fingerprint density at radius 1 is 1.38 bits per heavy atom. The largest absolute Gasteiger partial charge is 0.508 e. The number of phenolic OH excluding ortho intramolecular Hbond substituents is 1. The van der Waals surface area contributed by atoms with Crippen LogP contribution in [0.2, 0.25) is 0 Å². The van der Waals surface area contributed by atoms with Gasteiger partial charge >= 0.3 is 12.0 Å². The third-order valence-corrected chi connectivity index (χ3v) is 3.79. The predicted octanol–water partition coefficient (Wildman–Crippen LogP) is 2.28. The number of nitrogens with zero attached hydrogens (tertiary/aromatic N) is 2. The lowest BCUT2D eigenvalue weighted by atomic mass is 10.00. The standard InChI is InChI=1S/C15H20N2O4/c1-16(11-6-4-7-13(18)9-11)15(21)17-8-3-2-5-12(17)10-14(19)20/h4,6-7,9,12,18H,2-3,5,8,10H2,1H3,(H,19,20). The normalized spacial score (nSPS) is 18.3. The zero-order valence-corrected chi connectivity index (χ0v) is 12.0. The summed E-state index contributed by atoms with van der Waals surface area (Å²) < 4.78 is 0. The monoisotopic (exact) mass is 292 g/mol. The van der Waals surface area contributed by atoms with Gasteiger partial charge in [0.15, 0.2) is 0 Å². The summed E-state index contributed by atoms with van der Waals surface area (Å²) in [6, 6.07) is 5.95. The molecule has 1 unspecified atom stereocenters. The summed E-state index contributed by atoms with van der Waals surface area (Å²) in [7, 11) is 1.63. The minimum Gasteiger partial charge on any atom is -0.508 e. The molecule has 6 nitrogen and oxygen atoms in total.